The Morgan fingerprint density at radius 3 is 2.38 bits per heavy atom. The lowest BCUT2D eigenvalue weighted by molar-refractivity contribution is -0.141. The molecule has 0 fully saturated rings. The van der Waals surface area contributed by atoms with Crippen molar-refractivity contribution >= 4 is 16.9 Å². The van der Waals surface area contributed by atoms with Crippen LogP contribution in [0, 0.1) is 31.3 Å². The zero-order valence-electron chi connectivity index (χ0n) is 18.1. The molecule has 2 aromatic carbocycles. The van der Waals surface area contributed by atoms with Gasteiger partial charge in [0.05, 0.1) is 0 Å². The molecule has 0 radical (unpaired) electrons. The molecule has 1 N–H and O–H groups in total. The number of H-pyrrole nitrogens is 1. The fraction of sp³-hybridized carbons (Fsp3) is 0.250. The summed E-state index contributed by atoms with van der Waals surface area (Å²) in [7, 11) is 0. The van der Waals surface area contributed by atoms with Gasteiger partial charge in [0.15, 0.2) is 11.6 Å². The van der Waals surface area contributed by atoms with Gasteiger partial charge in [-0.2, -0.15) is 13.2 Å². The van der Waals surface area contributed by atoms with E-state index in [1.807, 2.05) is 0 Å². The number of anilines is 1. The number of aromatic amines is 1. The van der Waals surface area contributed by atoms with Gasteiger partial charge in [0.25, 0.3) is 0 Å². The topological polar surface area (TPSA) is 44.8 Å². The van der Waals surface area contributed by atoms with Crippen LogP contribution in [0.4, 0.5) is 32.3 Å². The van der Waals surface area contributed by atoms with Crippen LogP contribution < -0.4 is 4.90 Å². The minimum atomic E-state index is -4.71. The van der Waals surface area contributed by atoms with Gasteiger partial charge in [0.1, 0.15) is 17.6 Å². The third-order valence-corrected chi connectivity index (χ3v) is 6.21. The van der Waals surface area contributed by atoms with Crippen molar-refractivity contribution in [3.05, 3.63) is 87.6 Å². The summed E-state index contributed by atoms with van der Waals surface area (Å²) in [5, 5.41) is 0.331. The van der Waals surface area contributed by atoms with E-state index in [1.54, 1.807) is 19.1 Å². The summed E-state index contributed by atoms with van der Waals surface area (Å²) in [5.74, 6) is -2.92. The number of aromatic nitrogens is 3. The third-order valence-electron chi connectivity index (χ3n) is 6.21. The molecule has 4 nitrogen and oxygen atoms in total. The molecule has 0 aliphatic carbocycles. The van der Waals surface area contributed by atoms with Gasteiger partial charge in [-0.3, -0.25) is 0 Å². The SMILES string of the molecule is Cc1ccc(C2c3[nH]c4ccc(C)c(F)c4c3CCN2c2nccc(C(F)(F)F)n2)c(F)c1F. The zero-order chi connectivity index (χ0) is 24.4. The van der Waals surface area contributed by atoms with E-state index in [9.17, 15) is 17.6 Å². The maximum Gasteiger partial charge on any atom is 0.433 e. The predicted molar refractivity (Wildman–Crippen MR) is 114 cm³/mol. The first-order chi connectivity index (χ1) is 16.1. The van der Waals surface area contributed by atoms with Gasteiger partial charge >= 0.3 is 6.18 Å². The lowest BCUT2D eigenvalue weighted by Crippen LogP contribution is -2.38. The molecule has 0 spiro atoms. The zero-order valence-corrected chi connectivity index (χ0v) is 18.1. The smallest absolute Gasteiger partial charge is 0.356 e. The molecule has 1 atom stereocenters. The van der Waals surface area contributed by atoms with E-state index in [-0.39, 0.29) is 30.0 Å². The first kappa shape index (κ1) is 22.2. The predicted octanol–water partition coefficient (Wildman–Crippen LogP) is 6.16. The fourth-order valence-electron chi connectivity index (χ4n) is 4.50. The minimum Gasteiger partial charge on any atom is -0.356 e. The average Bonchev–Trinajstić information content (AvgIpc) is 3.19. The number of benzene rings is 2. The van der Waals surface area contributed by atoms with E-state index in [1.165, 1.54) is 24.0 Å². The van der Waals surface area contributed by atoms with Gasteiger partial charge in [-0.1, -0.05) is 18.2 Å². The molecule has 0 saturated carbocycles. The summed E-state index contributed by atoms with van der Waals surface area (Å²) in [5.41, 5.74) is 0.598. The van der Waals surface area contributed by atoms with Gasteiger partial charge in [0, 0.05) is 34.9 Å². The van der Waals surface area contributed by atoms with E-state index in [0.717, 1.165) is 12.3 Å². The number of fused-ring (bicyclic) bond motifs is 3. The Morgan fingerprint density at radius 2 is 1.65 bits per heavy atom. The first-order valence-electron chi connectivity index (χ1n) is 10.5. The Kier molecular flexibility index (Phi) is 5.07. The van der Waals surface area contributed by atoms with E-state index in [0.29, 0.717) is 27.7 Å². The highest BCUT2D eigenvalue weighted by atomic mass is 19.4. The normalized spacial score (nSPS) is 16.2. The molecular formula is C24H18F6N4. The van der Waals surface area contributed by atoms with Crippen molar-refractivity contribution in [2.45, 2.75) is 32.5 Å². The molecule has 1 unspecified atom stereocenters. The number of halogens is 6. The molecular weight excluding hydrogens is 458 g/mol. The van der Waals surface area contributed by atoms with Gasteiger partial charge in [-0.25, -0.2) is 23.1 Å². The lowest BCUT2D eigenvalue weighted by atomic mass is 9.91. The van der Waals surface area contributed by atoms with Gasteiger partial charge in [-0.05, 0) is 49.1 Å². The maximum atomic E-state index is 15.2. The second-order valence-corrected chi connectivity index (χ2v) is 8.32. The van der Waals surface area contributed by atoms with Crippen LogP contribution in [0.3, 0.4) is 0 Å². The minimum absolute atomic E-state index is 0.0637. The van der Waals surface area contributed by atoms with Crippen LogP contribution in [0.2, 0.25) is 0 Å². The molecule has 4 aromatic rings. The van der Waals surface area contributed by atoms with Gasteiger partial charge < -0.3 is 9.88 Å². The highest BCUT2D eigenvalue weighted by Crippen LogP contribution is 2.42. The molecule has 0 amide bonds. The maximum absolute atomic E-state index is 15.2. The molecule has 3 heterocycles. The fourth-order valence-corrected chi connectivity index (χ4v) is 4.50. The Balaban J connectivity index is 1.77. The monoisotopic (exact) mass is 476 g/mol. The van der Waals surface area contributed by atoms with Gasteiger partial charge in [-0.15, -0.1) is 0 Å². The lowest BCUT2D eigenvalue weighted by Gasteiger charge is -2.36. The van der Waals surface area contributed by atoms with Crippen LogP contribution in [0.1, 0.15) is 39.7 Å². The van der Waals surface area contributed by atoms with Crippen molar-refractivity contribution in [3.8, 4) is 0 Å². The molecule has 176 valence electrons. The van der Waals surface area contributed by atoms with Crippen molar-refractivity contribution < 1.29 is 26.3 Å². The van der Waals surface area contributed by atoms with Gasteiger partial charge in [0.2, 0.25) is 5.95 Å². The summed E-state index contributed by atoms with van der Waals surface area (Å²) in [6.45, 7) is 3.09. The van der Waals surface area contributed by atoms with Crippen molar-refractivity contribution in [2.75, 3.05) is 11.4 Å². The highest BCUT2D eigenvalue weighted by Gasteiger charge is 2.38. The van der Waals surface area contributed by atoms with Crippen molar-refractivity contribution in [1.29, 1.82) is 0 Å². The summed E-state index contributed by atoms with van der Waals surface area (Å²) in [6, 6.07) is 5.67. The Morgan fingerprint density at radius 1 is 0.941 bits per heavy atom. The highest BCUT2D eigenvalue weighted by molar-refractivity contribution is 5.87. The second-order valence-electron chi connectivity index (χ2n) is 8.32. The van der Waals surface area contributed by atoms with Crippen molar-refractivity contribution in [2.24, 2.45) is 0 Å². The average molecular weight is 476 g/mol. The molecule has 1 aliphatic heterocycles. The quantitative estimate of drug-likeness (QED) is 0.353. The number of hydrogen-bond acceptors (Lipinski definition) is 3. The largest absolute Gasteiger partial charge is 0.433 e. The summed E-state index contributed by atoms with van der Waals surface area (Å²) < 4.78 is 84.7. The van der Waals surface area contributed by atoms with E-state index in [2.05, 4.69) is 15.0 Å². The van der Waals surface area contributed by atoms with Crippen LogP contribution in [0.5, 0.6) is 0 Å². The Labute approximate surface area is 190 Å². The number of nitrogens with zero attached hydrogens (tertiary/aromatic N) is 3. The van der Waals surface area contributed by atoms with Crippen LogP contribution in [-0.2, 0) is 12.6 Å². The van der Waals surface area contributed by atoms with Crippen molar-refractivity contribution in [1.82, 2.24) is 15.0 Å². The Bertz CT molecular complexity index is 1430. The number of nitrogens with one attached hydrogen (secondary N) is 1. The molecule has 1 aliphatic rings. The third kappa shape index (κ3) is 3.39. The summed E-state index contributed by atoms with van der Waals surface area (Å²) >= 11 is 0. The molecule has 5 rings (SSSR count). The standard InChI is InChI=1S/C24H18F6N4/c1-11-4-6-15-17(18(11)25)13-8-10-34(23-31-9-7-16(33-23)24(28,29)30)22(21(13)32-15)14-5-3-12(2)19(26)20(14)27/h3-7,9,22,32H,8,10H2,1-2H3. The number of alkyl halides is 3. The second kappa shape index (κ2) is 7.75. The van der Waals surface area contributed by atoms with E-state index >= 15 is 8.78 Å². The molecule has 34 heavy (non-hydrogen) atoms. The van der Waals surface area contributed by atoms with Crippen LogP contribution >= 0.6 is 0 Å². The summed E-state index contributed by atoms with van der Waals surface area (Å²) in [6.07, 6.45) is -3.50. The summed E-state index contributed by atoms with van der Waals surface area (Å²) in [4.78, 5) is 12.1. The Hall–Kier alpha value is -3.56. The van der Waals surface area contributed by atoms with E-state index < -0.39 is 35.4 Å². The molecule has 2 aromatic heterocycles. The number of hydrogen-bond donors (Lipinski definition) is 1. The molecule has 0 bridgehead atoms. The first-order valence-corrected chi connectivity index (χ1v) is 10.5. The van der Waals surface area contributed by atoms with Crippen LogP contribution in [0.25, 0.3) is 10.9 Å². The van der Waals surface area contributed by atoms with E-state index in [4.69, 9.17) is 0 Å². The molecule has 0 saturated heterocycles. The number of rotatable bonds is 2. The van der Waals surface area contributed by atoms with Crippen LogP contribution in [0.15, 0.2) is 36.5 Å². The van der Waals surface area contributed by atoms with Crippen molar-refractivity contribution in [3.63, 3.8) is 0 Å². The van der Waals surface area contributed by atoms with Crippen LogP contribution in [-0.4, -0.2) is 21.5 Å². The molecule has 10 heteroatoms. The number of aryl methyl sites for hydroxylation is 2.